The molecule has 0 aromatic carbocycles. The third kappa shape index (κ3) is 5.50. The molecule has 4 nitrogen and oxygen atoms in total. The van der Waals surface area contributed by atoms with Gasteiger partial charge in [0.05, 0.1) is 13.2 Å². The standard InChI is InChI=1S/C9H15FO4/c1-3-13-8(11)6-5-7(10)9(12)14-4-2/h7H,3-6H2,1-2H3. The van der Waals surface area contributed by atoms with Crippen LogP contribution in [0.15, 0.2) is 0 Å². The van der Waals surface area contributed by atoms with Crippen LogP contribution in [0.5, 0.6) is 0 Å². The van der Waals surface area contributed by atoms with Crippen molar-refractivity contribution >= 4 is 11.9 Å². The molecule has 0 radical (unpaired) electrons. The van der Waals surface area contributed by atoms with Crippen molar-refractivity contribution in [3.63, 3.8) is 0 Å². The summed E-state index contributed by atoms with van der Waals surface area (Å²) in [7, 11) is 0. The molecule has 0 aliphatic carbocycles. The van der Waals surface area contributed by atoms with Gasteiger partial charge in [-0.3, -0.25) is 4.79 Å². The Morgan fingerprint density at radius 2 is 1.79 bits per heavy atom. The molecule has 14 heavy (non-hydrogen) atoms. The Morgan fingerprint density at radius 1 is 1.21 bits per heavy atom. The van der Waals surface area contributed by atoms with Gasteiger partial charge in [0.25, 0.3) is 0 Å². The van der Waals surface area contributed by atoms with Crippen molar-refractivity contribution in [2.45, 2.75) is 32.9 Å². The monoisotopic (exact) mass is 206 g/mol. The van der Waals surface area contributed by atoms with Crippen molar-refractivity contribution in [2.75, 3.05) is 13.2 Å². The molecule has 82 valence electrons. The Balaban J connectivity index is 3.67. The molecular weight excluding hydrogens is 191 g/mol. The van der Waals surface area contributed by atoms with Gasteiger partial charge in [-0.2, -0.15) is 0 Å². The van der Waals surface area contributed by atoms with Gasteiger partial charge in [-0.05, 0) is 20.3 Å². The predicted molar refractivity (Wildman–Crippen MR) is 47.4 cm³/mol. The molecule has 0 saturated heterocycles. The van der Waals surface area contributed by atoms with Gasteiger partial charge in [-0.25, -0.2) is 9.18 Å². The number of ether oxygens (including phenoxy) is 2. The minimum atomic E-state index is -1.74. The number of carbonyl (C=O) groups is 2. The van der Waals surface area contributed by atoms with E-state index in [-0.39, 0.29) is 26.1 Å². The molecule has 5 heteroatoms. The van der Waals surface area contributed by atoms with E-state index in [0.717, 1.165) is 0 Å². The second kappa shape index (κ2) is 7.29. The molecular formula is C9H15FO4. The number of hydrogen-bond acceptors (Lipinski definition) is 4. The quantitative estimate of drug-likeness (QED) is 0.613. The van der Waals surface area contributed by atoms with Gasteiger partial charge in [0.15, 0.2) is 6.17 Å². The summed E-state index contributed by atoms with van der Waals surface area (Å²) in [5.41, 5.74) is 0. The third-order valence-corrected chi connectivity index (χ3v) is 1.45. The van der Waals surface area contributed by atoms with E-state index in [1.54, 1.807) is 13.8 Å². The number of esters is 2. The van der Waals surface area contributed by atoms with Crippen LogP contribution in [0.25, 0.3) is 0 Å². The zero-order valence-corrected chi connectivity index (χ0v) is 8.42. The fraction of sp³-hybridized carbons (Fsp3) is 0.778. The van der Waals surface area contributed by atoms with Crippen molar-refractivity contribution < 1.29 is 23.5 Å². The Morgan fingerprint density at radius 3 is 2.29 bits per heavy atom. The highest BCUT2D eigenvalue weighted by Gasteiger charge is 2.19. The van der Waals surface area contributed by atoms with E-state index in [1.165, 1.54) is 0 Å². The van der Waals surface area contributed by atoms with Gasteiger partial charge in [0.1, 0.15) is 0 Å². The summed E-state index contributed by atoms with van der Waals surface area (Å²) in [6, 6.07) is 0. The maximum Gasteiger partial charge on any atom is 0.340 e. The van der Waals surface area contributed by atoms with Crippen LogP contribution >= 0.6 is 0 Å². The highest BCUT2D eigenvalue weighted by Crippen LogP contribution is 2.05. The van der Waals surface area contributed by atoms with Crippen LogP contribution in [0.4, 0.5) is 4.39 Å². The number of rotatable bonds is 6. The smallest absolute Gasteiger partial charge is 0.340 e. The normalized spacial score (nSPS) is 11.9. The van der Waals surface area contributed by atoms with Crippen molar-refractivity contribution in [3.05, 3.63) is 0 Å². The van der Waals surface area contributed by atoms with Gasteiger partial charge in [0.2, 0.25) is 0 Å². The number of carbonyl (C=O) groups excluding carboxylic acids is 2. The summed E-state index contributed by atoms with van der Waals surface area (Å²) in [4.78, 5) is 21.6. The lowest BCUT2D eigenvalue weighted by molar-refractivity contribution is -0.150. The second-order valence-corrected chi connectivity index (χ2v) is 2.56. The van der Waals surface area contributed by atoms with E-state index in [4.69, 9.17) is 0 Å². The summed E-state index contributed by atoms with van der Waals surface area (Å²) in [6.45, 7) is 3.65. The highest BCUT2D eigenvalue weighted by atomic mass is 19.1. The number of alkyl halides is 1. The molecule has 0 amide bonds. The first kappa shape index (κ1) is 12.9. The van der Waals surface area contributed by atoms with Crippen LogP contribution in [0, 0.1) is 0 Å². The summed E-state index contributed by atoms with van der Waals surface area (Å²) < 4.78 is 21.9. The minimum Gasteiger partial charge on any atom is -0.466 e. The van der Waals surface area contributed by atoms with Crippen molar-refractivity contribution in [2.24, 2.45) is 0 Å². The van der Waals surface area contributed by atoms with E-state index >= 15 is 0 Å². The molecule has 0 heterocycles. The predicted octanol–water partition coefficient (Wildman–Crippen LogP) is 1.23. The molecule has 0 fully saturated rings. The first-order valence-electron chi connectivity index (χ1n) is 4.58. The van der Waals surface area contributed by atoms with Gasteiger partial charge in [-0.15, -0.1) is 0 Å². The Hall–Kier alpha value is -1.13. The Bertz CT molecular complexity index is 193. The summed E-state index contributed by atoms with van der Waals surface area (Å²) in [5, 5.41) is 0. The van der Waals surface area contributed by atoms with Gasteiger partial charge >= 0.3 is 11.9 Å². The highest BCUT2D eigenvalue weighted by molar-refractivity contribution is 5.76. The fourth-order valence-corrected chi connectivity index (χ4v) is 0.828. The third-order valence-electron chi connectivity index (χ3n) is 1.45. The molecule has 0 aromatic rings. The largest absolute Gasteiger partial charge is 0.466 e. The second-order valence-electron chi connectivity index (χ2n) is 2.56. The zero-order chi connectivity index (χ0) is 11.0. The van der Waals surface area contributed by atoms with Crippen LogP contribution in [0.3, 0.4) is 0 Å². The Kier molecular flexibility index (Phi) is 6.70. The molecule has 0 aromatic heterocycles. The molecule has 0 bridgehead atoms. The summed E-state index contributed by atoms with van der Waals surface area (Å²) in [6.07, 6.45) is -2.02. The molecule has 1 atom stereocenters. The lowest BCUT2D eigenvalue weighted by Gasteiger charge is -2.06. The summed E-state index contributed by atoms with van der Waals surface area (Å²) >= 11 is 0. The maximum atomic E-state index is 12.9. The molecule has 0 N–H and O–H groups in total. The van der Waals surface area contributed by atoms with E-state index in [9.17, 15) is 14.0 Å². The number of halogens is 1. The minimum absolute atomic E-state index is 0.103. The number of hydrogen-bond donors (Lipinski definition) is 0. The van der Waals surface area contributed by atoms with Crippen LogP contribution < -0.4 is 0 Å². The Labute approximate surface area is 82.4 Å². The van der Waals surface area contributed by atoms with Gasteiger partial charge < -0.3 is 9.47 Å². The topological polar surface area (TPSA) is 52.6 Å². The average Bonchev–Trinajstić information content (AvgIpc) is 2.15. The maximum absolute atomic E-state index is 12.9. The van der Waals surface area contributed by atoms with Crippen molar-refractivity contribution in [1.29, 1.82) is 0 Å². The van der Waals surface area contributed by atoms with Crippen LogP contribution in [-0.4, -0.2) is 31.3 Å². The van der Waals surface area contributed by atoms with E-state index in [2.05, 4.69) is 9.47 Å². The SMILES string of the molecule is CCOC(=O)CCC(F)C(=O)OCC. The van der Waals surface area contributed by atoms with Crippen LogP contribution in [0.1, 0.15) is 26.7 Å². The van der Waals surface area contributed by atoms with Crippen molar-refractivity contribution in [1.82, 2.24) is 0 Å². The van der Waals surface area contributed by atoms with Crippen LogP contribution in [-0.2, 0) is 19.1 Å². The van der Waals surface area contributed by atoms with Crippen molar-refractivity contribution in [3.8, 4) is 0 Å². The first-order chi connectivity index (χ1) is 6.61. The zero-order valence-electron chi connectivity index (χ0n) is 8.42. The molecule has 0 rings (SSSR count). The molecule has 0 aliphatic rings. The molecule has 1 unspecified atom stereocenters. The molecule has 0 spiro atoms. The van der Waals surface area contributed by atoms with Gasteiger partial charge in [-0.1, -0.05) is 0 Å². The van der Waals surface area contributed by atoms with Crippen LogP contribution in [0.2, 0.25) is 0 Å². The fourth-order valence-electron chi connectivity index (χ4n) is 0.828. The lowest BCUT2D eigenvalue weighted by Crippen LogP contribution is -2.20. The average molecular weight is 206 g/mol. The molecule has 0 saturated carbocycles. The van der Waals surface area contributed by atoms with E-state index < -0.39 is 18.1 Å². The van der Waals surface area contributed by atoms with E-state index in [0.29, 0.717) is 0 Å². The van der Waals surface area contributed by atoms with E-state index in [1.807, 2.05) is 0 Å². The first-order valence-corrected chi connectivity index (χ1v) is 4.58. The summed E-state index contributed by atoms with van der Waals surface area (Å²) in [5.74, 6) is -1.42. The molecule has 0 aliphatic heterocycles. The van der Waals surface area contributed by atoms with Gasteiger partial charge in [0, 0.05) is 6.42 Å². The lowest BCUT2D eigenvalue weighted by atomic mass is 10.2.